The molecule has 2 heterocycles. The Balaban J connectivity index is 1.69. The quantitative estimate of drug-likeness (QED) is 0.505. The molecule has 1 N–H and O–H groups in total. The van der Waals surface area contributed by atoms with Crippen LogP contribution in [0.1, 0.15) is 30.9 Å². The van der Waals surface area contributed by atoms with Crippen LogP contribution in [0.5, 0.6) is 5.75 Å². The van der Waals surface area contributed by atoms with Gasteiger partial charge in [0.2, 0.25) is 16.1 Å². The highest BCUT2D eigenvalue weighted by Crippen LogP contribution is 2.30. The van der Waals surface area contributed by atoms with Crippen LogP contribution in [0.4, 0.5) is 18.3 Å². The molecule has 0 spiro atoms. The minimum Gasteiger partial charge on any atom is -0.473 e. The summed E-state index contributed by atoms with van der Waals surface area (Å²) in [5.74, 6) is -3.14. The van der Waals surface area contributed by atoms with E-state index in [1.165, 1.54) is 28.6 Å². The maximum Gasteiger partial charge on any atom is 0.271 e. The van der Waals surface area contributed by atoms with Gasteiger partial charge in [0.25, 0.3) is 5.91 Å². The molecular formula is C22H20F3N3O4S2. The molecule has 2 aromatic carbocycles. The van der Waals surface area contributed by atoms with Gasteiger partial charge in [-0.2, -0.15) is 8.70 Å². The largest absolute Gasteiger partial charge is 0.473 e. The van der Waals surface area contributed by atoms with Crippen LogP contribution in [0.25, 0.3) is 0 Å². The molecule has 3 aromatic rings. The van der Waals surface area contributed by atoms with Crippen LogP contribution in [0.2, 0.25) is 0 Å². The first kappa shape index (κ1) is 24.2. The maximum atomic E-state index is 14.3. The van der Waals surface area contributed by atoms with Gasteiger partial charge in [0, 0.05) is 24.7 Å². The molecule has 1 aromatic heterocycles. The highest BCUT2D eigenvalue weighted by atomic mass is 32.2. The van der Waals surface area contributed by atoms with Gasteiger partial charge < -0.3 is 4.74 Å². The average molecular weight is 512 g/mol. The van der Waals surface area contributed by atoms with Crippen LogP contribution in [-0.2, 0) is 14.8 Å². The lowest BCUT2D eigenvalue weighted by atomic mass is 10.1. The van der Waals surface area contributed by atoms with Gasteiger partial charge in [-0.05, 0) is 37.1 Å². The Hall–Kier alpha value is -2.96. The van der Waals surface area contributed by atoms with Crippen molar-refractivity contribution in [1.29, 1.82) is 0 Å². The number of nitrogens with one attached hydrogen (secondary N) is 1. The number of carbonyl (C=O) groups is 1. The van der Waals surface area contributed by atoms with Gasteiger partial charge in [0.1, 0.15) is 5.82 Å². The molecule has 0 bridgehead atoms. The summed E-state index contributed by atoms with van der Waals surface area (Å²) < 4.78 is 74.1. The van der Waals surface area contributed by atoms with Gasteiger partial charge >= 0.3 is 0 Å². The number of nitrogens with zero attached hydrogens (tertiary/aromatic N) is 2. The number of anilines is 1. The SMILES string of the molecule is O=C(Nc1ncc(F)s1)C(Oc1ccc(F)cc1F)c1cccc(S(=O)(=O)N2CCCCC2)c1. The van der Waals surface area contributed by atoms with Crippen LogP contribution in [0, 0.1) is 16.8 Å². The van der Waals surface area contributed by atoms with E-state index in [0.717, 1.165) is 37.6 Å². The van der Waals surface area contributed by atoms with Crippen LogP contribution >= 0.6 is 11.3 Å². The lowest BCUT2D eigenvalue weighted by Gasteiger charge is -2.26. The van der Waals surface area contributed by atoms with Gasteiger partial charge in [0.05, 0.1) is 11.1 Å². The van der Waals surface area contributed by atoms with Crippen molar-refractivity contribution in [2.45, 2.75) is 30.3 Å². The van der Waals surface area contributed by atoms with Crippen molar-refractivity contribution in [2.24, 2.45) is 0 Å². The zero-order chi connectivity index (χ0) is 24.3. The molecule has 0 saturated carbocycles. The maximum absolute atomic E-state index is 14.3. The number of rotatable bonds is 7. The summed E-state index contributed by atoms with van der Waals surface area (Å²) >= 11 is 0.575. The monoisotopic (exact) mass is 511 g/mol. The fourth-order valence-corrected chi connectivity index (χ4v) is 5.67. The second-order valence-electron chi connectivity index (χ2n) is 7.57. The molecule has 1 atom stereocenters. The predicted octanol–water partition coefficient (Wildman–Crippen LogP) is 4.49. The van der Waals surface area contributed by atoms with E-state index in [1.54, 1.807) is 0 Å². The van der Waals surface area contributed by atoms with Crippen molar-refractivity contribution < 1.29 is 31.1 Å². The molecule has 12 heteroatoms. The third-order valence-electron chi connectivity index (χ3n) is 5.20. The van der Waals surface area contributed by atoms with E-state index in [0.29, 0.717) is 30.5 Å². The van der Waals surface area contributed by atoms with Crippen molar-refractivity contribution in [2.75, 3.05) is 18.4 Å². The van der Waals surface area contributed by atoms with Gasteiger partial charge in [-0.25, -0.2) is 22.2 Å². The van der Waals surface area contributed by atoms with E-state index in [9.17, 15) is 26.4 Å². The Labute approximate surface area is 198 Å². The predicted molar refractivity (Wildman–Crippen MR) is 119 cm³/mol. The molecule has 1 unspecified atom stereocenters. The smallest absolute Gasteiger partial charge is 0.271 e. The molecule has 4 rings (SSSR count). The first-order valence-corrected chi connectivity index (χ1v) is 12.6. The molecule has 1 saturated heterocycles. The number of halogens is 3. The van der Waals surface area contributed by atoms with Crippen molar-refractivity contribution in [3.8, 4) is 5.75 Å². The highest BCUT2D eigenvalue weighted by molar-refractivity contribution is 7.89. The number of piperidine rings is 1. The fourth-order valence-electron chi connectivity index (χ4n) is 3.55. The number of aromatic nitrogens is 1. The van der Waals surface area contributed by atoms with Crippen LogP contribution in [0.15, 0.2) is 53.6 Å². The Kier molecular flexibility index (Phi) is 7.19. The van der Waals surface area contributed by atoms with Crippen molar-refractivity contribution in [3.63, 3.8) is 0 Å². The summed E-state index contributed by atoms with van der Waals surface area (Å²) in [4.78, 5) is 16.7. The van der Waals surface area contributed by atoms with Gasteiger partial charge in [-0.15, -0.1) is 0 Å². The van der Waals surface area contributed by atoms with E-state index in [4.69, 9.17) is 4.74 Å². The Bertz CT molecular complexity index is 1290. The summed E-state index contributed by atoms with van der Waals surface area (Å²) in [5, 5.41) is 1.69. The van der Waals surface area contributed by atoms with Gasteiger partial charge in [-0.3, -0.25) is 10.1 Å². The van der Waals surface area contributed by atoms with Gasteiger partial charge in [0.15, 0.2) is 21.8 Å². The average Bonchev–Trinajstić information content (AvgIpc) is 3.23. The first-order valence-electron chi connectivity index (χ1n) is 10.4. The number of amides is 1. The Morgan fingerprint density at radius 2 is 1.85 bits per heavy atom. The first-order chi connectivity index (χ1) is 16.2. The molecule has 1 fully saturated rings. The highest BCUT2D eigenvalue weighted by Gasteiger charge is 2.30. The summed E-state index contributed by atoms with van der Waals surface area (Å²) in [6, 6.07) is 8.14. The van der Waals surface area contributed by atoms with Crippen LogP contribution in [-0.4, -0.2) is 36.7 Å². The van der Waals surface area contributed by atoms with Crippen molar-refractivity contribution >= 4 is 32.4 Å². The molecule has 7 nitrogen and oxygen atoms in total. The third-order valence-corrected chi connectivity index (χ3v) is 7.79. The summed E-state index contributed by atoms with van der Waals surface area (Å²) in [6.07, 6.45) is 1.83. The molecule has 180 valence electrons. The van der Waals surface area contributed by atoms with E-state index in [2.05, 4.69) is 10.3 Å². The third kappa shape index (κ3) is 5.40. The van der Waals surface area contributed by atoms with Crippen molar-refractivity contribution in [3.05, 3.63) is 71.0 Å². The molecule has 1 amide bonds. The number of carbonyl (C=O) groups excluding carboxylic acids is 1. The molecule has 1 aliphatic rings. The molecule has 34 heavy (non-hydrogen) atoms. The number of hydrogen-bond donors (Lipinski definition) is 1. The number of benzene rings is 2. The lowest BCUT2D eigenvalue weighted by molar-refractivity contribution is -0.123. The van der Waals surface area contributed by atoms with Crippen LogP contribution < -0.4 is 10.1 Å². The number of sulfonamides is 1. The number of thiazole rings is 1. The molecule has 0 radical (unpaired) electrons. The minimum atomic E-state index is -3.82. The van der Waals surface area contributed by atoms with Crippen LogP contribution in [0.3, 0.4) is 0 Å². The molecular weight excluding hydrogens is 491 g/mol. The van der Waals surface area contributed by atoms with Crippen molar-refractivity contribution in [1.82, 2.24) is 9.29 Å². The zero-order valence-electron chi connectivity index (χ0n) is 17.7. The second-order valence-corrected chi connectivity index (χ2v) is 10.5. The van der Waals surface area contributed by atoms with E-state index >= 15 is 0 Å². The normalized spacial score (nSPS) is 15.6. The Morgan fingerprint density at radius 3 is 2.53 bits per heavy atom. The molecule has 0 aliphatic carbocycles. The topological polar surface area (TPSA) is 88.6 Å². The lowest BCUT2D eigenvalue weighted by Crippen LogP contribution is -2.35. The van der Waals surface area contributed by atoms with E-state index in [-0.39, 0.29) is 15.6 Å². The van der Waals surface area contributed by atoms with E-state index in [1.807, 2.05) is 0 Å². The molecule has 1 aliphatic heterocycles. The summed E-state index contributed by atoms with van der Waals surface area (Å²) in [6.45, 7) is 0.784. The Morgan fingerprint density at radius 1 is 1.09 bits per heavy atom. The van der Waals surface area contributed by atoms with E-state index < -0.39 is 44.5 Å². The standard InChI is InChI=1S/C22H20F3N3O4S2/c23-15-7-8-18(17(24)12-15)32-20(21(29)27-22-26-13-19(25)33-22)14-5-4-6-16(11-14)34(30,31)28-9-2-1-3-10-28/h4-8,11-13,20H,1-3,9-10H2,(H,26,27,29). The fraction of sp³-hybridized carbons (Fsp3) is 0.273. The summed E-state index contributed by atoms with van der Waals surface area (Å²) in [5.41, 5.74) is 0.108. The second kappa shape index (κ2) is 10.1. The minimum absolute atomic E-state index is 0.0480. The number of ether oxygens (including phenoxy) is 1. The summed E-state index contributed by atoms with van der Waals surface area (Å²) in [7, 11) is -3.82. The zero-order valence-corrected chi connectivity index (χ0v) is 19.3. The number of hydrogen-bond acceptors (Lipinski definition) is 6. The van der Waals surface area contributed by atoms with Gasteiger partial charge in [-0.1, -0.05) is 29.9 Å².